The monoisotopic (exact) mass is 498 g/mol. The summed E-state index contributed by atoms with van der Waals surface area (Å²) >= 11 is 0. The second-order valence-electron chi connectivity index (χ2n) is 9.72. The Bertz CT molecular complexity index is 2130. The van der Waals surface area contributed by atoms with E-state index in [0.29, 0.717) is 0 Å². The predicted octanol–water partition coefficient (Wildman–Crippen LogP) is 8.61. The maximum Gasteiger partial charge on any atom is 0.145 e. The molecule has 8 aromatic rings. The highest BCUT2D eigenvalue weighted by Crippen LogP contribution is 2.34. The van der Waals surface area contributed by atoms with E-state index in [1.54, 1.807) is 0 Å². The van der Waals surface area contributed by atoms with Crippen molar-refractivity contribution in [1.82, 2.24) is 19.5 Å². The number of benzene rings is 6. The average Bonchev–Trinajstić information content (AvgIpc) is 3.41. The van der Waals surface area contributed by atoms with Gasteiger partial charge in [-0.05, 0) is 35.0 Å². The van der Waals surface area contributed by atoms with Crippen LogP contribution in [-0.4, -0.2) is 19.5 Å². The molecule has 0 unspecified atom stereocenters. The molecule has 2 aromatic heterocycles. The molecule has 2 heterocycles. The Balaban J connectivity index is 1.28. The van der Waals surface area contributed by atoms with Crippen LogP contribution in [0.15, 0.2) is 134 Å². The fraction of sp³-hybridized carbons (Fsp3) is 0. The minimum Gasteiger partial charge on any atom is -0.292 e. The van der Waals surface area contributed by atoms with Crippen molar-refractivity contribution >= 4 is 43.6 Å². The van der Waals surface area contributed by atoms with Gasteiger partial charge in [-0.25, -0.2) is 9.97 Å². The molecule has 0 saturated carbocycles. The zero-order chi connectivity index (χ0) is 25.8. The van der Waals surface area contributed by atoms with Crippen LogP contribution in [0.3, 0.4) is 0 Å². The van der Waals surface area contributed by atoms with Crippen molar-refractivity contribution < 1.29 is 0 Å². The zero-order valence-corrected chi connectivity index (χ0v) is 21.0. The van der Waals surface area contributed by atoms with Gasteiger partial charge in [0.15, 0.2) is 0 Å². The van der Waals surface area contributed by atoms with E-state index in [4.69, 9.17) is 15.0 Å². The lowest BCUT2D eigenvalue weighted by Crippen LogP contribution is -1.98. The Labute approximate surface area is 224 Å². The van der Waals surface area contributed by atoms with Gasteiger partial charge in [0.25, 0.3) is 0 Å². The summed E-state index contributed by atoms with van der Waals surface area (Å²) in [5.41, 5.74) is 7.92. The number of imidazole rings is 1. The molecular formula is C35H22N4. The molecule has 0 aliphatic heterocycles. The summed E-state index contributed by atoms with van der Waals surface area (Å²) in [6.07, 6.45) is 1.89. The summed E-state index contributed by atoms with van der Waals surface area (Å²) in [7, 11) is 0. The lowest BCUT2D eigenvalue weighted by molar-refractivity contribution is 1.10. The SMILES string of the molecule is c1ccc(-c2nc3ccccc3n2-c2ccc(-c3cnc4c5ccccc5c5ccccc5c4n3)cc2)cc1. The van der Waals surface area contributed by atoms with Gasteiger partial charge < -0.3 is 0 Å². The molecule has 182 valence electrons. The number of rotatable bonds is 3. The second kappa shape index (κ2) is 8.61. The van der Waals surface area contributed by atoms with Crippen molar-refractivity contribution in [3.8, 4) is 28.3 Å². The highest BCUT2D eigenvalue weighted by atomic mass is 15.1. The maximum absolute atomic E-state index is 5.15. The van der Waals surface area contributed by atoms with Crippen LogP contribution in [-0.2, 0) is 0 Å². The minimum atomic E-state index is 0.855. The molecular weight excluding hydrogens is 476 g/mol. The van der Waals surface area contributed by atoms with Gasteiger partial charge >= 0.3 is 0 Å². The van der Waals surface area contributed by atoms with Crippen molar-refractivity contribution in [3.05, 3.63) is 134 Å². The number of hydrogen-bond acceptors (Lipinski definition) is 3. The Morgan fingerprint density at radius 2 is 1.08 bits per heavy atom. The zero-order valence-electron chi connectivity index (χ0n) is 21.0. The van der Waals surface area contributed by atoms with E-state index in [1.807, 2.05) is 30.5 Å². The molecule has 0 N–H and O–H groups in total. The Kier molecular flexibility index (Phi) is 4.79. The fourth-order valence-electron chi connectivity index (χ4n) is 5.61. The summed E-state index contributed by atoms with van der Waals surface area (Å²) in [6, 6.07) is 44.0. The van der Waals surface area contributed by atoms with Gasteiger partial charge in [-0.15, -0.1) is 0 Å². The van der Waals surface area contributed by atoms with Gasteiger partial charge in [0.1, 0.15) is 5.82 Å². The van der Waals surface area contributed by atoms with Crippen LogP contribution in [0.4, 0.5) is 0 Å². The summed E-state index contributed by atoms with van der Waals surface area (Å²) < 4.78 is 2.22. The van der Waals surface area contributed by atoms with E-state index in [9.17, 15) is 0 Å². The normalized spacial score (nSPS) is 11.6. The first-order valence-corrected chi connectivity index (χ1v) is 13.0. The molecule has 0 radical (unpaired) electrons. The standard InChI is InChI=1S/C35H22N4/c1-2-10-24(11-3-1)35-38-30-16-8-9-17-32(30)39(35)25-20-18-23(19-21-25)31-22-36-33-28-14-6-4-12-26(28)27-13-5-7-15-29(27)34(33)37-31/h1-22H. The molecule has 0 saturated heterocycles. The Hall–Kier alpha value is -5.35. The van der Waals surface area contributed by atoms with E-state index in [0.717, 1.165) is 61.2 Å². The third-order valence-electron chi connectivity index (χ3n) is 7.44. The van der Waals surface area contributed by atoms with Crippen LogP contribution in [0.25, 0.3) is 71.9 Å². The van der Waals surface area contributed by atoms with Crippen LogP contribution in [0.5, 0.6) is 0 Å². The minimum absolute atomic E-state index is 0.855. The molecule has 39 heavy (non-hydrogen) atoms. The number of fused-ring (bicyclic) bond motifs is 7. The lowest BCUT2D eigenvalue weighted by Gasteiger charge is -2.12. The summed E-state index contributed by atoms with van der Waals surface area (Å²) in [5, 5.41) is 4.65. The van der Waals surface area contributed by atoms with Gasteiger partial charge in [0, 0.05) is 27.6 Å². The first-order chi connectivity index (χ1) is 19.3. The average molecular weight is 499 g/mol. The quantitative estimate of drug-likeness (QED) is 0.229. The molecule has 0 spiro atoms. The van der Waals surface area contributed by atoms with Gasteiger partial charge in [0.05, 0.1) is 34.0 Å². The smallest absolute Gasteiger partial charge is 0.145 e. The first-order valence-electron chi connectivity index (χ1n) is 13.0. The topological polar surface area (TPSA) is 43.6 Å². The Morgan fingerprint density at radius 1 is 0.462 bits per heavy atom. The number of hydrogen-bond donors (Lipinski definition) is 0. The summed E-state index contributed by atoms with van der Waals surface area (Å²) in [4.78, 5) is 15.0. The van der Waals surface area contributed by atoms with Gasteiger partial charge in [0.2, 0.25) is 0 Å². The molecule has 0 fully saturated rings. The summed E-state index contributed by atoms with van der Waals surface area (Å²) in [6.45, 7) is 0. The van der Waals surface area contributed by atoms with Crippen molar-refractivity contribution in [2.24, 2.45) is 0 Å². The third kappa shape index (κ3) is 3.42. The van der Waals surface area contributed by atoms with Crippen LogP contribution in [0.1, 0.15) is 0 Å². The molecule has 0 aliphatic carbocycles. The van der Waals surface area contributed by atoms with E-state index in [-0.39, 0.29) is 0 Å². The van der Waals surface area contributed by atoms with E-state index >= 15 is 0 Å². The summed E-state index contributed by atoms with van der Waals surface area (Å²) in [5.74, 6) is 0.924. The van der Waals surface area contributed by atoms with Crippen LogP contribution < -0.4 is 0 Å². The molecule has 0 bridgehead atoms. The molecule has 4 heteroatoms. The number of para-hydroxylation sites is 2. The highest BCUT2D eigenvalue weighted by Gasteiger charge is 2.15. The van der Waals surface area contributed by atoms with Gasteiger partial charge in [-0.1, -0.05) is 103 Å². The van der Waals surface area contributed by atoms with Crippen molar-refractivity contribution in [3.63, 3.8) is 0 Å². The molecule has 6 aromatic carbocycles. The van der Waals surface area contributed by atoms with Crippen molar-refractivity contribution in [2.45, 2.75) is 0 Å². The molecule has 0 atom stereocenters. The van der Waals surface area contributed by atoms with Crippen molar-refractivity contribution in [1.29, 1.82) is 0 Å². The van der Waals surface area contributed by atoms with E-state index in [2.05, 4.69) is 108 Å². The number of aromatic nitrogens is 4. The van der Waals surface area contributed by atoms with Gasteiger partial charge in [-0.3, -0.25) is 9.55 Å². The number of nitrogens with zero attached hydrogens (tertiary/aromatic N) is 4. The van der Waals surface area contributed by atoms with Gasteiger partial charge in [-0.2, -0.15) is 0 Å². The molecule has 4 nitrogen and oxygen atoms in total. The van der Waals surface area contributed by atoms with E-state index in [1.165, 1.54) is 10.8 Å². The van der Waals surface area contributed by atoms with E-state index < -0.39 is 0 Å². The van der Waals surface area contributed by atoms with Crippen LogP contribution in [0, 0.1) is 0 Å². The van der Waals surface area contributed by atoms with Crippen molar-refractivity contribution in [2.75, 3.05) is 0 Å². The molecule has 8 rings (SSSR count). The van der Waals surface area contributed by atoms with Crippen LogP contribution >= 0.6 is 0 Å². The molecule has 0 amide bonds. The Morgan fingerprint density at radius 3 is 1.82 bits per heavy atom. The predicted molar refractivity (Wildman–Crippen MR) is 160 cm³/mol. The largest absolute Gasteiger partial charge is 0.292 e. The lowest BCUT2D eigenvalue weighted by atomic mass is 9.99. The maximum atomic E-state index is 5.15. The fourth-order valence-corrected chi connectivity index (χ4v) is 5.61. The molecule has 0 aliphatic rings. The van der Waals surface area contributed by atoms with Crippen LogP contribution in [0.2, 0.25) is 0 Å². The second-order valence-corrected chi connectivity index (χ2v) is 9.72. The first kappa shape index (κ1) is 21.7. The third-order valence-corrected chi connectivity index (χ3v) is 7.44. The highest BCUT2D eigenvalue weighted by molar-refractivity contribution is 6.23.